The summed E-state index contributed by atoms with van der Waals surface area (Å²) < 4.78 is 13.5. The maximum absolute atomic E-state index is 13.5. The van der Waals surface area contributed by atoms with Crippen LogP contribution in [0.1, 0.15) is 33.2 Å². The zero-order valence-electron chi connectivity index (χ0n) is 14.5. The van der Waals surface area contributed by atoms with Gasteiger partial charge in [-0.2, -0.15) is 11.3 Å². The van der Waals surface area contributed by atoms with Gasteiger partial charge in [0.15, 0.2) is 0 Å². The summed E-state index contributed by atoms with van der Waals surface area (Å²) in [5.74, 6) is -0.267. The molecule has 2 aromatic heterocycles. The molecule has 0 fully saturated rings. The lowest BCUT2D eigenvalue weighted by Gasteiger charge is -2.36. The van der Waals surface area contributed by atoms with Crippen LogP contribution < -0.4 is 0 Å². The molecule has 1 aliphatic rings. The molecule has 3 nitrogen and oxygen atoms in total. The van der Waals surface area contributed by atoms with E-state index >= 15 is 0 Å². The Balaban J connectivity index is 1.68. The lowest BCUT2D eigenvalue weighted by atomic mass is 9.92. The average Bonchev–Trinajstić information content (AvgIpc) is 3.35. The number of amides is 1. The molecular formula is C22H17FN2OS. The largest absolute Gasteiger partial charge is 0.356 e. The number of fused-ring (bicyclic) bond motifs is 3. The number of rotatable bonds is 2. The maximum atomic E-state index is 13.5. The van der Waals surface area contributed by atoms with E-state index in [0.29, 0.717) is 12.1 Å². The predicted molar refractivity (Wildman–Crippen MR) is 106 cm³/mol. The molecule has 134 valence electrons. The first kappa shape index (κ1) is 16.3. The number of hydrogen-bond donors (Lipinski definition) is 1. The van der Waals surface area contributed by atoms with Crippen molar-refractivity contribution in [1.29, 1.82) is 0 Å². The molecule has 1 N–H and O–H groups in total. The molecule has 5 rings (SSSR count). The van der Waals surface area contributed by atoms with Gasteiger partial charge in [-0.1, -0.05) is 30.3 Å². The van der Waals surface area contributed by atoms with Gasteiger partial charge in [0, 0.05) is 28.5 Å². The van der Waals surface area contributed by atoms with E-state index in [1.54, 1.807) is 12.1 Å². The van der Waals surface area contributed by atoms with Crippen molar-refractivity contribution in [2.45, 2.75) is 12.5 Å². The van der Waals surface area contributed by atoms with Crippen LogP contribution in [0.3, 0.4) is 0 Å². The van der Waals surface area contributed by atoms with Gasteiger partial charge in [0.2, 0.25) is 0 Å². The second-order valence-corrected chi connectivity index (χ2v) is 7.56. The average molecular weight is 376 g/mol. The van der Waals surface area contributed by atoms with Crippen LogP contribution in [-0.4, -0.2) is 22.3 Å². The second kappa shape index (κ2) is 6.35. The smallest absolute Gasteiger partial charge is 0.255 e. The van der Waals surface area contributed by atoms with Gasteiger partial charge in [-0.25, -0.2) is 4.39 Å². The highest BCUT2D eigenvalue weighted by Gasteiger charge is 2.35. The molecule has 0 aliphatic carbocycles. The van der Waals surface area contributed by atoms with Crippen LogP contribution in [0.15, 0.2) is 65.4 Å². The number of para-hydroxylation sites is 1. The number of thiophene rings is 1. The van der Waals surface area contributed by atoms with Gasteiger partial charge in [0.05, 0.1) is 11.6 Å². The van der Waals surface area contributed by atoms with Crippen LogP contribution in [-0.2, 0) is 6.42 Å². The van der Waals surface area contributed by atoms with Crippen molar-refractivity contribution < 1.29 is 9.18 Å². The number of carbonyl (C=O) groups is 1. The highest BCUT2D eigenvalue weighted by atomic mass is 32.1. The summed E-state index contributed by atoms with van der Waals surface area (Å²) in [5.41, 5.74) is 4.95. The molecule has 0 saturated carbocycles. The monoisotopic (exact) mass is 376 g/mol. The summed E-state index contributed by atoms with van der Waals surface area (Å²) in [6.45, 7) is 0.631. The highest BCUT2D eigenvalue weighted by Crippen LogP contribution is 2.39. The van der Waals surface area contributed by atoms with E-state index in [4.69, 9.17) is 0 Å². The third-order valence-electron chi connectivity index (χ3n) is 5.25. The zero-order chi connectivity index (χ0) is 18.4. The van der Waals surface area contributed by atoms with Gasteiger partial charge in [-0.05, 0) is 47.2 Å². The Kier molecular flexibility index (Phi) is 3.83. The van der Waals surface area contributed by atoms with Gasteiger partial charge >= 0.3 is 0 Å². The van der Waals surface area contributed by atoms with Crippen LogP contribution >= 0.6 is 11.3 Å². The van der Waals surface area contributed by atoms with Gasteiger partial charge in [-0.3, -0.25) is 4.79 Å². The first-order chi connectivity index (χ1) is 13.2. The SMILES string of the molecule is O=C(c1ccsc1)N1CCc2c([nH]c3ccccc23)[C@@H]1c1ccc(F)cc1. The fourth-order valence-corrected chi connectivity index (χ4v) is 4.63. The Morgan fingerprint density at radius 3 is 2.70 bits per heavy atom. The summed E-state index contributed by atoms with van der Waals surface area (Å²) in [6, 6.07) is 16.3. The van der Waals surface area contributed by atoms with Crippen molar-refractivity contribution in [1.82, 2.24) is 9.88 Å². The Bertz CT molecular complexity index is 1120. The first-order valence-corrected chi connectivity index (χ1v) is 9.85. The topological polar surface area (TPSA) is 36.1 Å². The van der Waals surface area contributed by atoms with Gasteiger partial charge in [0.1, 0.15) is 5.82 Å². The quantitative estimate of drug-likeness (QED) is 0.516. The Morgan fingerprint density at radius 1 is 1.11 bits per heavy atom. The number of benzene rings is 2. The van der Waals surface area contributed by atoms with Crippen molar-refractivity contribution in [2.24, 2.45) is 0 Å². The number of aromatic nitrogens is 1. The lowest BCUT2D eigenvalue weighted by Crippen LogP contribution is -2.40. The molecule has 27 heavy (non-hydrogen) atoms. The zero-order valence-corrected chi connectivity index (χ0v) is 15.3. The second-order valence-electron chi connectivity index (χ2n) is 6.78. The fourth-order valence-electron chi connectivity index (χ4n) is 4.00. The summed E-state index contributed by atoms with van der Waals surface area (Å²) in [5, 5.41) is 4.99. The number of halogens is 1. The Labute approximate surface area is 160 Å². The highest BCUT2D eigenvalue weighted by molar-refractivity contribution is 7.08. The van der Waals surface area contributed by atoms with Crippen LogP contribution in [0, 0.1) is 5.82 Å². The number of carbonyl (C=O) groups excluding carboxylic acids is 1. The summed E-state index contributed by atoms with van der Waals surface area (Å²) in [6.07, 6.45) is 0.799. The van der Waals surface area contributed by atoms with E-state index in [2.05, 4.69) is 17.1 Å². The van der Waals surface area contributed by atoms with Crippen molar-refractivity contribution in [3.05, 3.63) is 93.6 Å². The third-order valence-corrected chi connectivity index (χ3v) is 5.93. The molecule has 1 aliphatic heterocycles. The first-order valence-electron chi connectivity index (χ1n) is 8.90. The number of nitrogens with zero attached hydrogens (tertiary/aromatic N) is 1. The molecule has 2 aromatic carbocycles. The van der Waals surface area contributed by atoms with Gasteiger partial charge < -0.3 is 9.88 Å². The summed E-state index contributed by atoms with van der Waals surface area (Å²) in [4.78, 5) is 18.6. The molecule has 4 aromatic rings. The summed E-state index contributed by atoms with van der Waals surface area (Å²) in [7, 11) is 0. The van der Waals surface area contributed by atoms with Crippen LogP contribution in [0.4, 0.5) is 4.39 Å². The normalized spacial score (nSPS) is 16.5. The predicted octanol–water partition coefficient (Wildman–Crippen LogP) is 5.16. The van der Waals surface area contributed by atoms with Gasteiger partial charge in [0.25, 0.3) is 5.91 Å². The van der Waals surface area contributed by atoms with Crippen molar-refractivity contribution >= 4 is 28.1 Å². The molecule has 0 spiro atoms. The number of hydrogen-bond acceptors (Lipinski definition) is 2. The van der Waals surface area contributed by atoms with Crippen LogP contribution in [0.25, 0.3) is 10.9 Å². The molecule has 3 heterocycles. The number of nitrogens with one attached hydrogen (secondary N) is 1. The molecule has 0 saturated heterocycles. The van der Waals surface area contributed by atoms with Crippen molar-refractivity contribution in [3.63, 3.8) is 0 Å². The van der Waals surface area contributed by atoms with E-state index < -0.39 is 0 Å². The van der Waals surface area contributed by atoms with E-state index in [0.717, 1.165) is 23.2 Å². The molecule has 1 atom stereocenters. The Morgan fingerprint density at radius 2 is 1.93 bits per heavy atom. The molecule has 0 bridgehead atoms. The molecule has 0 radical (unpaired) electrons. The third kappa shape index (κ3) is 2.66. The van der Waals surface area contributed by atoms with E-state index in [1.165, 1.54) is 34.4 Å². The van der Waals surface area contributed by atoms with Crippen LogP contribution in [0.2, 0.25) is 0 Å². The minimum absolute atomic E-state index is 0.00915. The minimum atomic E-state index is -0.276. The maximum Gasteiger partial charge on any atom is 0.255 e. The molecule has 0 unspecified atom stereocenters. The minimum Gasteiger partial charge on any atom is -0.356 e. The van der Waals surface area contributed by atoms with E-state index in [9.17, 15) is 9.18 Å². The number of H-pyrrole nitrogens is 1. The number of aromatic amines is 1. The summed E-state index contributed by atoms with van der Waals surface area (Å²) >= 11 is 1.52. The van der Waals surface area contributed by atoms with Gasteiger partial charge in [-0.15, -0.1) is 0 Å². The van der Waals surface area contributed by atoms with E-state index in [-0.39, 0.29) is 17.8 Å². The van der Waals surface area contributed by atoms with Crippen molar-refractivity contribution in [2.75, 3.05) is 6.54 Å². The van der Waals surface area contributed by atoms with E-state index in [1.807, 2.05) is 33.9 Å². The standard InChI is InChI=1S/C22H17FN2OS/c23-16-7-5-14(6-8-16)21-20-18(17-3-1-2-4-19(17)24-20)9-11-25(21)22(26)15-10-12-27-13-15/h1-8,10,12-13,21,24H,9,11H2/t21-/m0/s1. The molecule has 5 heteroatoms. The van der Waals surface area contributed by atoms with Crippen molar-refractivity contribution in [3.8, 4) is 0 Å². The molecule has 1 amide bonds. The fraction of sp³-hybridized carbons (Fsp3) is 0.136. The lowest BCUT2D eigenvalue weighted by molar-refractivity contribution is 0.0692. The molecular weight excluding hydrogens is 359 g/mol. The Hall–Kier alpha value is -2.92. The van der Waals surface area contributed by atoms with Crippen LogP contribution in [0.5, 0.6) is 0 Å².